The fourth-order valence-electron chi connectivity index (χ4n) is 2.76. The van der Waals surface area contributed by atoms with Crippen LogP contribution in [0.3, 0.4) is 0 Å². The van der Waals surface area contributed by atoms with Crippen molar-refractivity contribution < 1.29 is 9.32 Å². The van der Waals surface area contributed by atoms with Gasteiger partial charge in [-0.05, 0) is 51.2 Å². The number of rotatable bonds is 6. The van der Waals surface area contributed by atoms with Crippen LogP contribution < -0.4 is 10.6 Å². The van der Waals surface area contributed by atoms with Crippen molar-refractivity contribution in [3.8, 4) is 0 Å². The lowest BCUT2D eigenvalue weighted by Gasteiger charge is -2.13. The Morgan fingerprint density at radius 2 is 2.25 bits per heavy atom. The Kier molecular flexibility index (Phi) is 5.25. The van der Waals surface area contributed by atoms with Crippen molar-refractivity contribution in [1.29, 1.82) is 0 Å². The van der Waals surface area contributed by atoms with Crippen molar-refractivity contribution in [3.63, 3.8) is 0 Å². The number of carbonyl (C=O) groups is 1. The SMILES string of the molecule is Cc1cc(Nc2ccnc(C(=O)NCCC3=CCCCC3)c2)no1. The first kappa shape index (κ1) is 16.2. The summed E-state index contributed by atoms with van der Waals surface area (Å²) in [7, 11) is 0. The number of hydrogen-bond acceptors (Lipinski definition) is 5. The molecule has 2 aromatic rings. The maximum Gasteiger partial charge on any atom is 0.269 e. The second-order valence-corrected chi connectivity index (χ2v) is 5.99. The highest BCUT2D eigenvalue weighted by molar-refractivity contribution is 5.93. The molecule has 0 unspecified atom stereocenters. The van der Waals surface area contributed by atoms with Crippen LogP contribution in [0.4, 0.5) is 11.5 Å². The molecule has 0 bridgehead atoms. The molecule has 2 heterocycles. The molecule has 0 fully saturated rings. The van der Waals surface area contributed by atoms with Gasteiger partial charge in [-0.3, -0.25) is 9.78 Å². The first-order chi connectivity index (χ1) is 11.7. The fourth-order valence-corrected chi connectivity index (χ4v) is 2.76. The Morgan fingerprint density at radius 3 is 3.00 bits per heavy atom. The third-order valence-corrected chi connectivity index (χ3v) is 4.01. The number of nitrogens with one attached hydrogen (secondary N) is 2. The van der Waals surface area contributed by atoms with E-state index in [2.05, 4.69) is 26.9 Å². The molecule has 1 aliphatic carbocycles. The standard InChI is InChI=1S/C18H22N4O2/c1-13-11-17(22-24-13)21-15-8-10-19-16(12-15)18(23)20-9-7-14-5-3-2-4-6-14/h5,8,10-12H,2-4,6-7,9H2,1H3,(H,20,23)(H,19,21,22). The van der Waals surface area contributed by atoms with Crippen molar-refractivity contribution in [2.45, 2.75) is 39.0 Å². The molecule has 0 saturated carbocycles. The molecule has 126 valence electrons. The van der Waals surface area contributed by atoms with Crippen molar-refractivity contribution in [2.75, 3.05) is 11.9 Å². The molecule has 2 N–H and O–H groups in total. The number of carbonyl (C=O) groups excluding carboxylic acids is 1. The quantitative estimate of drug-likeness (QED) is 0.790. The first-order valence-electron chi connectivity index (χ1n) is 8.33. The lowest BCUT2D eigenvalue weighted by atomic mass is 9.97. The second-order valence-electron chi connectivity index (χ2n) is 5.99. The summed E-state index contributed by atoms with van der Waals surface area (Å²) in [6, 6.07) is 5.28. The second kappa shape index (κ2) is 7.77. The van der Waals surface area contributed by atoms with E-state index in [9.17, 15) is 4.79 Å². The van der Waals surface area contributed by atoms with Gasteiger partial charge in [-0.1, -0.05) is 16.8 Å². The summed E-state index contributed by atoms with van der Waals surface area (Å²) >= 11 is 0. The Hall–Kier alpha value is -2.63. The summed E-state index contributed by atoms with van der Waals surface area (Å²) in [6.07, 6.45) is 9.69. The van der Waals surface area contributed by atoms with Crippen LogP contribution in [-0.2, 0) is 0 Å². The van der Waals surface area contributed by atoms with Gasteiger partial charge < -0.3 is 15.2 Å². The fraction of sp³-hybridized carbons (Fsp3) is 0.389. The molecule has 1 amide bonds. The molecule has 6 heteroatoms. The summed E-state index contributed by atoms with van der Waals surface area (Å²) in [5, 5.41) is 9.90. The number of pyridine rings is 1. The molecule has 0 atom stereocenters. The van der Waals surface area contributed by atoms with E-state index in [0.29, 0.717) is 18.1 Å². The van der Waals surface area contributed by atoms with Crippen molar-refractivity contribution in [1.82, 2.24) is 15.5 Å². The smallest absolute Gasteiger partial charge is 0.269 e. The number of amides is 1. The van der Waals surface area contributed by atoms with Crippen LogP contribution in [0.2, 0.25) is 0 Å². The van der Waals surface area contributed by atoms with Gasteiger partial charge in [0.1, 0.15) is 11.5 Å². The van der Waals surface area contributed by atoms with Crippen LogP contribution in [0.25, 0.3) is 0 Å². The minimum atomic E-state index is -0.161. The predicted molar refractivity (Wildman–Crippen MR) is 92.3 cm³/mol. The largest absolute Gasteiger partial charge is 0.360 e. The number of nitrogens with zero attached hydrogens (tertiary/aromatic N) is 2. The molecule has 0 radical (unpaired) electrons. The van der Waals surface area contributed by atoms with Gasteiger partial charge in [-0.2, -0.15) is 0 Å². The van der Waals surface area contributed by atoms with Crippen LogP contribution in [-0.4, -0.2) is 22.6 Å². The van der Waals surface area contributed by atoms with E-state index < -0.39 is 0 Å². The normalized spacial score (nSPS) is 14.1. The summed E-state index contributed by atoms with van der Waals surface area (Å²) in [6.45, 7) is 2.47. The molecule has 6 nitrogen and oxygen atoms in total. The van der Waals surface area contributed by atoms with Gasteiger partial charge in [-0.25, -0.2) is 0 Å². The first-order valence-corrected chi connectivity index (χ1v) is 8.33. The van der Waals surface area contributed by atoms with Crippen LogP contribution in [0.1, 0.15) is 48.4 Å². The minimum Gasteiger partial charge on any atom is -0.360 e. The maximum atomic E-state index is 12.2. The van der Waals surface area contributed by atoms with Gasteiger partial charge in [0.2, 0.25) is 0 Å². The maximum absolute atomic E-state index is 12.2. The zero-order chi connectivity index (χ0) is 16.8. The van der Waals surface area contributed by atoms with E-state index in [-0.39, 0.29) is 5.91 Å². The topological polar surface area (TPSA) is 80.0 Å². The number of anilines is 2. The molecule has 3 rings (SSSR count). The Balaban J connectivity index is 1.54. The molecule has 24 heavy (non-hydrogen) atoms. The monoisotopic (exact) mass is 326 g/mol. The Morgan fingerprint density at radius 1 is 1.33 bits per heavy atom. The van der Waals surface area contributed by atoms with Gasteiger partial charge in [0.15, 0.2) is 5.82 Å². The van der Waals surface area contributed by atoms with Crippen molar-refractivity contribution >= 4 is 17.4 Å². The number of allylic oxidation sites excluding steroid dienone is 1. The summed E-state index contributed by atoms with van der Waals surface area (Å²) in [5.41, 5.74) is 2.59. The highest BCUT2D eigenvalue weighted by Gasteiger charge is 2.10. The molecule has 0 aromatic carbocycles. The van der Waals surface area contributed by atoms with Gasteiger partial charge in [0.25, 0.3) is 5.91 Å². The van der Waals surface area contributed by atoms with Gasteiger partial charge in [-0.15, -0.1) is 0 Å². The average molecular weight is 326 g/mol. The molecule has 0 spiro atoms. The zero-order valence-corrected chi connectivity index (χ0v) is 13.8. The average Bonchev–Trinajstić information content (AvgIpc) is 3.01. The lowest BCUT2D eigenvalue weighted by Crippen LogP contribution is -2.25. The lowest BCUT2D eigenvalue weighted by molar-refractivity contribution is 0.0949. The molecule has 2 aromatic heterocycles. The third kappa shape index (κ3) is 4.44. The summed E-state index contributed by atoms with van der Waals surface area (Å²) < 4.78 is 5.01. The van der Waals surface area contributed by atoms with Crippen LogP contribution in [0, 0.1) is 6.92 Å². The van der Waals surface area contributed by atoms with E-state index in [1.165, 1.54) is 24.8 Å². The highest BCUT2D eigenvalue weighted by atomic mass is 16.5. The minimum absolute atomic E-state index is 0.161. The predicted octanol–water partition coefficient (Wildman–Crippen LogP) is 3.74. The summed E-state index contributed by atoms with van der Waals surface area (Å²) in [4.78, 5) is 16.4. The summed E-state index contributed by atoms with van der Waals surface area (Å²) in [5.74, 6) is 1.17. The Bertz CT molecular complexity index is 736. The van der Waals surface area contributed by atoms with E-state index >= 15 is 0 Å². The molecule has 0 aliphatic heterocycles. The third-order valence-electron chi connectivity index (χ3n) is 4.01. The molecular formula is C18H22N4O2. The van der Waals surface area contributed by atoms with Gasteiger partial charge in [0, 0.05) is 24.5 Å². The van der Waals surface area contributed by atoms with Crippen molar-refractivity contribution in [2.24, 2.45) is 0 Å². The van der Waals surface area contributed by atoms with Gasteiger partial charge >= 0.3 is 0 Å². The van der Waals surface area contributed by atoms with E-state index in [4.69, 9.17) is 4.52 Å². The van der Waals surface area contributed by atoms with Crippen molar-refractivity contribution in [3.05, 3.63) is 47.5 Å². The number of aromatic nitrogens is 2. The molecule has 1 aliphatic rings. The van der Waals surface area contributed by atoms with Crippen LogP contribution >= 0.6 is 0 Å². The van der Waals surface area contributed by atoms with Crippen LogP contribution in [0.5, 0.6) is 0 Å². The van der Waals surface area contributed by atoms with E-state index in [1.807, 2.05) is 6.92 Å². The number of hydrogen-bond donors (Lipinski definition) is 2. The van der Waals surface area contributed by atoms with E-state index in [1.54, 1.807) is 24.4 Å². The van der Waals surface area contributed by atoms with Gasteiger partial charge in [0.05, 0.1) is 0 Å². The highest BCUT2D eigenvalue weighted by Crippen LogP contribution is 2.19. The molecular weight excluding hydrogens is 304 g/mol. The van der Waals surface area contributed by atoms with E-state index in [0.717, 1.165) is 24.3 Å². The number of aryl methyl sites for hydroxylation is 1. The van der Waals surface area contributed by atoms with Crippen LogP contribution in [0.15, 0.2) is 40.6 Å². The molecule has 0 saturated heterocycles. The zero-order valence-electron chi connectivity index (χ0n) is 13.8. The Labute approximate surface area is 141 Å².